The third-order valence-electron chi connectivity index (χ3n) is 13.7. The molecule has 13 aromatic rings. The van der Waals surface area contributed by atoms with Crippen LogP contribution in [-0.2, 0) is 0 Å². The van der Waals surface area contributed by atoms with Crippen molar-refractivity contribution in [1.29, 1.82) is 0 Å². The average Bonchev–Trinajstić information content (AvgIpc) is 4.03. The summed E-state index contributed by atoms with van der Waals surface area (Å²) in [4.78, 5) is 5.13. The summed E-state index contributed by atoms with van der Waals surface area (Å²) in [5.74, 6) is 0. The first-order valence-corrected chi connectivity index (χ1v) is 20.6. The Hall–Kier alpha value is -7.76. The summed E-state index contributed by atoms with van der Waals surface area (Å²) in [5.41, 5.74) is 18.8. The summed E-state index contributed by atoms with van der Waals surface area (Å²) in [6, 6.07) is 70.3. The number of nitrogens with zero attached hydrogens (tertiary/aromatic N) is 4. The van der Waals surface area contributed by atoms with E-state index in [-0.39, 0.29) is 6.71 Å². The van der Waals surface area contributed by atoms with Crippen LogP contribution in [0.3, 0.4) is 0 Å². The van der Waals surface area contributed by atoms with Gasteiger partial charge in [-0.15, -0.1) is 0 Å². The molecule has 9 aromatic carbocycles. The van der Waals surface area contributed by atoms with E-state index in [2.05, 4.69) is 207 Å². The van der Waals surface area contributed by atoms with Gasteiger partial charge in [0.15, 0.2) is 0 Å². The highest BCUT2D eigenvalue weighted by atomic mass is 15.2. The first-order valence-electron chi connectivity index (χ1n) is 20.6. The van der Waals surface area contributed by atoms with E-state index in [1.807, 2.05) is 0 Å². The van der Waals surface area contributed by atoms with E-state index >= 15 is 0 Å². The molecule has 15 rings (SSSR count). The fourth-order valence-corrected chi connectivity index (χ4v) is 11.6. The molecule has 0 aliphatic carbocycles. The predicted molar refractivity (Wildman–Crippen MR) is 250 cm³/mol. The second kappa shape index (κ2) is 10.6. The van der Waals surface area contributed by atoms with Crippen molar-refractivity contribution in [2.75, 3.05) is 9.80 Å². The molecular weight excluding hydrogens is 715 g/mol. The third kappa shape index (κ3) is 3.52. The summed E-state index contributed by atoms with van der Waals surface area (Å²) in [7, 11) is 0. The molecule has 0 unspecified atom stereocenters. The molecule has 2 aliphatic heterocycles. The Bertz CT molecular complexity index is 3670. The van der Waals surface area contributed by atoms with Crippen molar-refractivity contribution in [2.45, 2.75) is 0 Å². The molecule has 2 aliphatic rings. The molecule has 0 amide bonds. The van der Waals surface area contributed by atoms with Crippen LogP contribution in [0.25, 0.3) is 76.2 Å². The lowest BCUT2D eigenvalue weighted by Crippen LogP contribution is -2.61. The first-order chi connectivity index (χ1) is 29.3. The van der Waals surface area contributed by atoms with Gasteiger partial charge < -0.3 is 18.6 Å². The number of aromatic nitrogens is 2. The quantitative estimate of drug-likeness (QED) is 0.164. The van der Waals surface area contributed by atoms with E-state index in [4.69, 9.17) is 0 Å². The first kappa shape index (κ1) is 30.4. The zero-order valence-electron chi connectivity index (χ0n) is 31.8. The van der Waals surface area contributed by atoms with Gasteiger partial charge in [0, 0.05) is 65.8 Å². The van der Waals surface area contributed by atoms with Gasteiger partial charge in [0.05, 0.1) is 44.5 Å². The van der Waals surface area contributed by atoms with E-state index in [0.717, 1.165) is 11.4 Å². The molecule has 0 bridgehead atoms. The van der Waals surface area contributed by atoms with E-state index in [1.165, 1.54) is 115 Å². The largest absolute Gasteiger partial charge is 0.309 e. The van der Waals surface area contributed by atoms with Crippen LogP contribution in [0.15, 0.2) is 188 Å². The molecule has 4 nitrogen and oxygen atoms in total. The van der Waals surface area contributed by atoms with Crippen molar-refractivity contribution in [3.05, 3.63) is 188 Å². The fourth-order valence-electron chi connectivity index (χ4n) is 11.6. The second-order valence-corrected chi connectivity index (χ2v) is 16.4. The van der Waals surface area contributed by atoms with E-state index in [1.54, 1.807) is 0 Å². The smallest absolute Gasteiger partial charge is 0.252 e. The minimum Gasteiger partial charge on any atom is -0.309 e. The topological polar surface area (TPSA) is 15.3 Å². The zero-order chi connectivity index (χ0) is 38.1. The summed E-state index contributed by atoms with van der Waals surface area (Å²) in [6.07, 6.45) is 0. The zero-order valence-corrected chi connectivity index (χ0v) is 31.8. The van der Waals surface area contributed by atoms with Gasteiger partial charge in [0.25, 0.3) is 6.71 Å². The van der Waals surface area contributed by atoms with Crippen molar-refractivity contribution in [3.63, 3.8) is 0 Å². The van der Waals surface area contributed by atoms with Crippen LogP contribution >= 0.6 is 0 Å². The maximum atomic E-state index is 2.57. The molecule has 0 radical (unpaired) electrons. The summed E-state index contributed by atoms with van der Waals surface area (Å²) >= 11 is 0. The van der Waals surface area contributed by atoms with Gasteiger partial charge in [-0.3, -0.25) is 0 Å². The highest BCUT2D eigenvalue weighted by Crippen LogP contribution is 2.51. The lowest BCUT2D eigenvalue weighted by Gasteiger charge is -2.44. The number of rotatable bonds is 2. The highest BCUT2D eigenvalue weighted by molar-refractivity contribution is 7.00. The van der Waals surface area contributed by atoms with Crippen molar-refractivity contribution in [2.24, 2.45) is 0 Å². The maximum absolute atomic E-state index is 2.57. The van der Waals surface area contributed by atoms with Crippen molar-refractivity contribution in [3.8, 4) is 0 Å². The van der Waals surface area contributed by atoms with Gasteiger partial charge in [-0.2, -0.15) is 0 Å². The molecule has 0 saturated heterocycles. The normalized spacial score (nSPS) is 13.7. The fraction of sp³-hybridized carbons (Fsp3) is 0. The number of hydrogen-bond donors (Lipinski definition) is 0. The monoisotopic (exact) mass is 746 g/mol. The summed E-state index contributed by atoms with van der Waals surface area (Å²) < 4.78 is 5.14. The summed E-state index contributed by atoms with van der Waals surface area (Å²) in [6.45, 7) is -0.0243. The van der Waals surface area contributed by atoms with Gasteiger partial charge in [-0.1, -0.05) is 140 Å². The molecule has 0 fully saturated rings. The number of benzene rings is 9. The van der Waals surface area contributed by atoms with Crippen LogP contribution in [-0.4, -0.2) is 15.5 Å². The molecule has 0 atom stereocenters. The molecule has 6 heterocycles. The standard InChI is InChI=1S/C54H31BN4/c1-3-14-32(15-4-1)56-46-26-13-27-47-48(46)55(42-30-28-40-38-22-11-20-36-34-18-7-9-24-44(34)58(49(36)38)51(40)53(42)56)43-31-29-41-39-23-12-21-37-35-19-8-10-25-45(35)59(50(37)39)52(41)54(43)57(47)33-16-5-2-6-17-33/h1-31H. The number of para-hydroxylation sites is 6. The number of anilines is 6. The van der Waals surface area contributed by atoms with Crippen LogP contribution in [0.2, 0.25) is 0 Å². The lowest BCUT2D eigenvalue weighted by atomic mass is 9.33. The maximum Gasteiger partial charge on any atom is 0.252 e. The SMILES string of the molecule is c1ccc(N2c3cccc4c3B(c3ccc5c6cccc7c8ccccc8n(c5c32)c76)c2ccc3c5cccc6c7ccccc7n(c3c2N4c2ccccc2)c65)cc1. The Morgan fingerprint density at radius 1 is 0.288 bits per heavy atom. The van der Waals surface area contributed by atoms with Crippen molar-refractivity contribution >= 4 is 133 Å². The minimum absolute atomic E-state index is 0.0243. The van der Waals surface area contributed by atoms with E-state index in [0.29, 0.717) is 0 Å². The van der Waals surface area contributed by atoms with Gasteiger partial charge in [-0.25, -0.2) is 0 Å². The average molecular weight is 747 g/mol. The summed E-state index contributed by atoms with van der Waals surface area (Å²) in [5, 5.41) is 10.3. The second-order valence-electron chi connectivity index (χ2n) is 16.4. The van der Waals surface area contributed by atoms with Crippen LogP contribution < -0.4 is 26.2 Å². The van der Waals surface area contributed by atoms with Crippen LogP contribution in [0.1, 0.15) is 0 Å². The van der Waals surface area contributed by atoms with E-state index in [9.17, 15) is 0 Å². The van der Waals surface area contributed by atoms with Crippen LogP contribution in [0.4, 0.5) is 34.1 Å². The van der Waals surface area contributed by atoms with Gasteiger partial charge >= 0.3 is 0 Å². The molecule has 59 heavy (non-hydrogen) atoms. The van der Waals surface area contributed by atoms with Gasteiger partial charge in [0.1, 0.15) is 0 Å². The Morgan fingerprint density at radius 3 is 1.14 bits per heavy atom. The molecule has 5 heteroatoms. The van der Waals surface area contributed by atoms with Crippen molar-refractivity contribution in [1.82, 2.24) is 8.80 Å². The van der Waals surface area contributed by atoms with Crippen LogP contribution in [0.5, 0.6) is 0 Å². The Balaban J connectivity index is 1.16. The molecule has 0 saturated carbocycles. The molecule has 0 N–H and O–H groups in total. The van der Waals surface area contributed by atoms with Gasteiger partial charge in [0.2, 0.25) is 0 Å². The molecule has 0 spiro atoms. The Labute approximate surface area is 338 Å². The Morgan fingerprint density at radius 2 is 0.661 bits per heavy atom. The molecule has 4 aromatic heterocycles. The molecule has 270 valence electrons. The third-order valence-corrected chi connectivity index (χ3v) is 13.7. The highest BCUT2D eigenvalue weighted by Gasteiger charge is 2.45. The van der Waals surface area contributed by atoms with Gasteiger partial charge in [-0.05, 0) is 64.9 Å². The van der Waals surface area contributed by atoms with E-state index < -0.39 is 0 Å². The lowest BCUT2D eigenvalue weighted by molar-refractivity contribution is 1.24. The minimum atomic E-state index is -0.0243. The predicted octanol–water partition coefficient (Wildman–Crippen LogP) is 12.1. The number of fused-ring (bicyclic) bond motifs is 18. The Kier molecular flexibility index (Phi) is 5.46. The number of hydrogen-bond acceptors (Lipinski definition) is 2. The van der Waals surface area contributed by atoms with Crippen LogP contribution in [0, 0.1) is 0 Å². The molecular formula is C54H31BN4. The van der Waals surface area contributed by atoms with Crippen molar-refractivity contribution < 1.29 is 0 Å².